The van der Waals surface area contributed by atoms with Crippen molar-refractivity contribution in [2.75, 3.05) is 0 Å². The van der Waals surface area contributed by atoms with Gasteiger partial charge in [0.05, 0.1) is 0 Å². The van der Waals surface area contributed by atoms with Gasteiger partial charge in [0.25, 0.3) is 0 Å². The van der Waals surface area contributed by atoms with Gasteiger partial charge in [0.15, 0.2) is 0 Å². The average Bonchev–Trinajstić information content (AvgIpc) is 2.06. The molecule has 0 saturated heterocycles. The van der Waals surface area contributed by atoms with Crippen LogP contribution in [0.4, 0.5) is 0 Å². The summed E-state index contributed by atoms with van der Waals surface area (Å²) < 4.78 is 0. The van der Waals surface area contributed by atoms with Crippen LogP contribution in [0.25, 0.3) is 0 Å². The molecular weight excluding hydrogens is 144 g/mol. The van der Waals surface area contributed by atoms with Crippen molar-refractivity contribution in [1.82, 2.24) is 0 Å². The summed E-state index contributed by atoms with van der Waals surface area (Å²) >= 11 is 0. The fourth-order valence-corrected chi connectivity index (χ4v) is 1.98. The van der Waals surface area contributed by atoms with Crippen molar-refractivity contribution in [3.8, 4) is 0 Å². The third-order valence-corrected chi connectivity index (χ3v) is 2.92. The fraction of sp³-hybridized carbons (Fsp3) is 0.667. The van der Waals surface area contributed by atoms with Crippen LogP contribution in [-0.4, -0.2) is 0 Å². The molecule has 0 atom stereocenters. The summed E-state index contributed by atoms with van der Waals surface area (Å²) in [6.45, 7) is 8.53. The molecule has 0 heterocycles. The maximum atomic E-state index is 4.11. The molecule has 0 amide bonds. The normalized spacial score (nSPS) is 30.8. The maximum absolute atomic E-state index is 4.11. The molecule has 0 nitrogen and oxygen atoms in total. The van der Waals surface area contributed by atoms with E-state index in [0.717, 1.165) is 11.8 Å². The van der Waals surface area contributed by atoms with Crippen LogP contribution in [0.3, 0.4) is 0 Å². The lowest BCUT2D eigenvalue weighted by atomic mass is 9.79. The summed E-state index contributed by atoms with van der Waals surface area (Å²) in [6, 6.07) is 0. The molecule has 0 aromatic carbocycles. The second-order valence-corrected chi connectivity index (χ2v) is 4.03. The Bertz CT molecular complexity index is 168. The van der Waals surface area contributed by atoms with E-state index in [4.69, 9.17) is 0 Å². The summed E-state index contributed by atoms with van der Waals surface area (Å²) in [4.78, 5) is 0. The number of hydrogen-bond acceptors (Lipinski definition) is 0. The van der Waals surface area contributed by atoms with Crippen molar-refractivity contribution >= 4 is 0 Å². The first-order valence-corrected chi connectivity index (χ1v) is 5.05. The Morgan fingerprint density at radius 3 is 2.33 bits per heavy atom. The Labute approximate surface area is 76.4 Å². The van der Waals surface area contributed by atoms with Gasteiger partial charge in [-0.15, -0.1) is 0 Å². The summed E-state index contributed by atoms with van der Waals surface area (Å²) in [5.41, 5.74) is 1.34. The molecule has 1 saturated carbocycles. The second kappa shape index (κ2) is 4.49. The molecule has 0 aromatic heterocycles. The summed E-state index contributed by atoms with van der Waals surface area (Å²) in [6.07, 6.45) is 9.75. The van der Waals surface area contributed by atoms with Crippen LogP contribution in [0.15, 0.2) is 24.3 Å². The zero-order valence-electron chi connectivity index (χ0n) is 8.34. The van der Waals surface area contributed by atoms with Gasteiger partial charge in [-0.05, 0) is 31.6 Å². The van der Waals surface area contributed by atoms with E-state index in [1.807, 2.05) is 0 Å². The van der Waals surface area contributed by atoms with Crippen molar-refractivity contribution in [3.05, 3.63) is 24.3 Å². The predicted molar refractivity (Wildman–Crippen MR) is 55.1 cm³/mol. The van der Waals surface area contributed by atoms with E-state index in [2.05, 4.69) is 32.6 Å². The van der Waals surface area contributed by atoms with Gasteiger partial charge in [-0.25, -0.2) is 0 Å². The van der Waals surface area contributed by atoms with Crippen molar-refractivity contribution in [3.63, 3.8) is 0 Å². The number of allylic oxidation sites excluding steroid dienone is 3. The van der Waals surface area contributed by atoms with Crippen LogP contribution < -0.4 is 0 Å². The minimum atomic E-state index is 0.775. The molecule has 0 bridgehead atoms. The highest BCUT2D eigenvalue weighted by atomic mass is 14.2. The average molecular weight is 164 g/mol. The first kappa shape index (κ1) is 9.57. The third-order valence-electron chi connectivity index (χ3n) is 2.92. The molecule has 0 heteroatoms. The van der Waals surface area contributed by atoms with Crippen molar-refractivity contribution < 1.29 is 0 Å². The van der Waals surface area contributed by atoms with E-state index in [1.54, 1.807) is 0 Å². The smallest absolute Gasteiger partial charge is 0.0168 e. The molecule has 0 unspecified atom stereocenters. The lowest BCUT2D eigenvalue weighted by Crippen LogP contribution is -2.12. The number of rotatable bonds is 2. The van der Waals surface area contributed by atoms with Crippen LogP contribution in [0, 0.1) is 11.8 Å². The first-order chi connectivity index (χ1) is 5.74. The summed E-state index contributed by atoms with van der Waals surface area (Å²) in [5.74, 6) is 1.72. The first-order valence-electron chi connectivity index (χ1n) is 5.05. The monoisotopic (exact) mass is 164 g/mol. The molecule has 0 N–H and O–H groups in total. The fourth-order valence-electron chi connectivity index (χ4n) is 1.98. The Morgan fingerprint density at radius 2 is 1.83 bits per heavy atom. The molecule has 0 aromatic rings. The highest BCUT2D eigenvalue weighted by Crippen LogP contribution is 2.32. The Hall–Kier alpha value is -0.520. The van der Waals surface area contributed by atoms with E-state index >= 15 is 0 Å². The van der Waals surface area contributed by atoms with Gasteiger partial charge in [0.2, 0.25) is 0 Å². The lowest BCUT2D eigenvalue weighted by Gasteiger charge is -2.26. The second-order valence-electron chi connectivity index (χ2n) is 4.03. The maximum Gasteiger partial charge on any atom is -0.0168 e. The van der Waals surface area contributed by atoms with Crippen LogP contribution in [0.1, 0.15) is 39.5 Å². The standard InChI is InChI=1S/C12H20/c1-4-5-11(3)12-8-6-10(2)7-9-12/h4-5,10,12H,3,6-9H2,1-2H3/b5-4-. The molecular formula is C12H20. The van der Waals surface area contributed by atoms with E-state index in [-0.39, 0.29) is 0 Å². The summed E-state index contributed by atoms with van der Waals surface area (Å²) in [5, 5.41) is 0. The minimum absolute atomic E-state index is 0.775. The SMILES string of the molecule is C=C(/C=C\C)C1CCC(C)CC1. The molecule has 1 aliphatic carbocycles. The molecule has 0 aliphatic heterocycles. The van der Waals surface area contributed by atoms with Gasteiger partial charge in [-0.3, -0.25) is 0 Å². The zero-order chi connectivity index (χ0) is 8.97. The van der Waals surface area contributed by atoms with Crippen LogP contribution >= 0.6 is 0 Å². The molecule has 0 spiro atoms. The van der Waals surface area contributed by atoms with Crippen molar-refractivity contribution in [2.24, 2.45) is 11.8 Å². The van der Waals surface area contributed by atoms with Gasteiger partial charge >= 0.3 is 0 Å². The van der Waals surface area contributed by atoms with Gasteiger partial charge < -0.3 is 0 Å². The molecule has 0 radical (unpaired) electrons. The van der Waals surface area contributed by atoms with Crippen LogP contribution in [-0.2, 0) is 0 Å². The van der Waals surface area contributed by atoms with Gasteiger partial charge in [0.1, 0.15) is 0 Å². The summed E-state index contributed by atoms with van der Waals surface area (Å²) in [7, 11) is 0. The third kappa shape index (κ3) is 2.51. The van der Waals surface area contributed by atoms with Crippen molar-refractivity contribution in [2.45, 2.75) is 39.5 Å². The topological polar surface area (TPSA) is 0 Å². The quantitative estimate of drug-likeness (QED) is 0.542. The lowest BCUT2D eigenvalue weighted by molar-refractivity contribution is 0.324. The van der Waals surface area contributed by atoms with Crippen LogP contribution in [0.5, 0.6) is 0 Å². The van der Waals surface area contributed by atoms with Crippen LogP contribution in [0.2, 0.25) is 0 Å². The molecule has 1 rings (SSSR count). The Morgan fingerprint density at radius 1 is 1.25 bits per heavy atom. The number of hydrogen-bond donors (Lipinski definition) is 0. The highest BCUT2D eigenvalue weighted by Gasteiger charge is 2.18. The Balaban J connectivity index is 2.39. The molecule has 12 heavy (non-hydrogen) atoms. The van der Waals surface area contributed by atoms with E-state index in [9.17, 15) is 0 Å². The van der Waals surface area contributed by atoms with Gasteiger partial charge in [-0.1, -0.05) is 44.1 Å². The molecule has 68 valence electrons. The zero-order valence-corrected chi connectivity index (χ0v) is 8.34. The molecule has 1 aliphatic rings. The Kier molecular flexibility index (Phi) is 3.58. The van der Waals surface area contributed by atoms with Gasteiger partial charge in [-0.2, -0.15) is 0 Å². The minimum Gasteiger partial charge on any atom is -0.0956 e. The largest absolute Gasteiger partial charge is 0.0956 e. The van der Waals surface area contributed by atoms with Crippen molar-refractivity contribution in [1.29, 1.82) is 0 Å². The van der Waals surface area contributed by atoms with E-state index in [0.29, 0.717) is 0 Å². The van der Waals surface area contributed by atoms with Gasteiger partial charge in [0, 0.05) is 0 Å². The van der Waals surface area contributed by atoms with E-state index in [1.165, 1.54) is 31.3 Å². The molecule has 1 fully saturated rings. The van der Waals surface area contributed by atoms with E-state index < -0.39 is 0 Å². The highest BCUT2D eigenvalue weighted by molar-refractivity contribution is 5.17. The predicted octanol–water partition coefficient (Wildman–Crippen LogP) is 3.95.